The highest BCUT2D eigenvalue weighted by molar-refractivity contribution is 4.95. The van der Waals surface area contributed by atoms with Crippen molar-refractivity contribution in [2.75, 3.05) is 13.2 Å². The third-order valence-corrected chi connectivity index (χ3v) is 4.80. The van der Waals surface area contributed by atoms with Crippen molar-refractivity contribution >= 4 is 0 Å². The van der Waals surface area contributed by atoms with Gasteiger partial charge in [-0.15, -0.1) is 0 Å². The Labute approximate surface area is 105 Å². The molecule has 0 aromatic carbocycles. The van der Waals surface area contributed by atoms with E-state index < -0.39 is 0 Å². The van der Waals surface area contributed by atoms with Gasteiger partial charge >= 0.3 is 0 Å². The monoisotopic (exact) mass is 240 g/mol. The van der Waals surface area contributed by atoms with Crippen molar-refractivity contribution < 1.29 is 5.11 Å². The number of aliphatic hydroxyl groups is 1. The highest BCUT2D eigenvalue weighted by atomic mass is 16.3. The van der Waals surface area contributed by atoms with E-state index in [0.29, 0.717) is 6.04 Å². The summed E-state index contributed by atoms with van der Waals surface area (Å²) in [5.74, 6) is 0. The van der Waals surface area contributed by atoms with Gasteiger partial charge < -0.3 is 10.8 Å². The van der Waals surface area contributed by atoms with E-state index in [1.807, 2.05) is 0 Å². The van der Waals surface area contributed by atoms with E-state index in [4.69, 9.17) is 5.73 Å². The predicted octanol–water partition coefficient (Wildman–Crippen LogP) is 1.88. The summed E-state index contributed by atoms with van der Waals surface area (Å²) in [6.07, 6.45) is 9.91. The summed E-state index contributed by atoms with van der Waals surface area (Å²) < 4.78 is 0. The van der Waals surface area contributed by atoms with E-state index in [1.54, 1.807) is 0 Å². The van der Waals surface area contributed by atoms with Crippen molar-refractivity contribution in [3.63, 3.8) is 0 Å². The molecule has 2 atom stereocenters. The van der Waals surface area contributed by atoms with Gasteiger partial charge in [0, 0.05) is 17.6 Å². The largest absolute Gasteiger partial charge is 0.394 e. The Morgan fingerprint density at radius 3 is 2.41 bits per heavy atom. The topological polar surface area (TPSA) is 49.5 Å². The van der Waals surface area contributed by atoms with Gasteiger partial charge in [-0.2, -0.15) is 0 Å². The molecule has 0 radical (unpaired) electrons. The average molecular weight is 240 g/mol. The number of nitrogens with zero attached hydrogens (tertiary/aromatic N) is 1. The first-order chi connectivity index (χ1) is 8.18. The maximum Gasteiger partial charge on any atom is 0.0611 e. The third-order valence-electron chi connectivity index (χ3n) is 4.80. The molecule has 2 fully saturated rings. The zero-order chi connectivity index (χ0) is 12.3. The minimum absolute atomic E-state index is 0.145. The fourth-order valence-electron chi connectivity index (χ4n) is 3.84. The van der Waals surface area contributed by atoms with E-state index in [-0.39, 0.29) is 12.1 Å². The standard InChI is InChI=1S/C14H28N2O/c1-2-16(12-6-3-4-7-12)13-8-5-9-14(15,10-13)11-17/h12-13,17H,2-11,15H2,1H3. The van der Waals surface area contributed by atoms with E-state index in [1.165, 1.54) is 38.5 Å². The second kappa shape index (κ2) is 5.68. The Morgan fingerprint density at radius 1 is 1.18 bits per heavy atom. The Kier molecular flexibility index (Phi) is 4.45. The lowest BCUT2D eigenvalue weighted by atomic mass is 9.79. The molecule has 2 rings (SSSR count). The first-order valence-corrected chi connectivity index (χ1v) is 7.34. The molecule has 100 valence electrons. The van der Waals surface area contributed by atoms with E-state index in [0.717, 1.165) is 25.4 Å². The highest BCUT2D eigenvalue weighted by Crippen LogP contribution is 2.33. The van der Waals surface area contributed by atoms with Gasteiger partial charge in [-0.1, -0.05) is 19.8 Å². The second-order valence-electron chi connectivity index (χ2n) is 6.04. The fraction of sp³-hybridized carbons (Fsp3) is 1.00. The minimum atomic E-state index is -0.311. The molecule has 0 aliphatic heterocycles. The lowest BCUT2D eigenvalue weighted by molar-refractivity contribution is 0.0595. The molecule has 3 N–H and O–H groups in total. The normalized spacial score (nSPS) is 35.6. The molecule has 0 saturated heterocycles. The third kappa shape index (κ3) is 3.01. The Balaban J connectivity index is 1.98. The van der Waals surface area contributed by atoms with Crippen molar-refractivity contribution in [3.05, 3.63) is 0 Å². The molecule has 0 amide bonds. The Bertz CT molecular complexity index is 240. The maximum absolute atomic E-state index is 9.44. The zero-order valence-electron chi connectivity index (χ0n) is 11.2. The number of rotatable bonds is 4. The van der Waals surface area contributed by atoms with Crippen LogP contribution in [0.15, 0.2) is 0 Å². The highest BCUT2D eigenvalue weighted by Gasteiger charge is 2.37. The van der Waals surface area contributed by atoms with Crippen LogP contribution < -0.4 is 5.73 Å². The van der Waals surface area contributed by atoms with E-state index in [2.05, 4.69) is 11.8 Å². The molecule has 2 aliphatic carbocycles. The number of aliphatic hydroxyl groups excluding tert-OH is 1. The predicted molar refractivity (Wildman–Crippen MR) is 70.9 cm³/mol. The number of hydrogen-bond acceptors (Lipinski definition) is 3. The van der Waals surface area contributed by atoms with Gasteiger partial charge in [0.25, 0.3) is 0 Å². The fourth-order valence-corrected chi connectivity index (χ4v) is 3.84. The lowest BCUT2D eigenvalue weighted by Crippen LogP contribution is -2.54. The summed E-state index contributed by atoms with van der Waals surface area (Å²) >= 11 is 0. The summed E-state index contributed by atoms with van der Waals surface area (Å²) in [6.45, 7) is 3.55. The minimum Gasteiger partial charge on any atom is -0.394 e. The molecule has 0 aromatic rings. The molecule has 0 aromatic heterocycles. The van der Waals surface area contributed by atoms with Crippen LogP contribution in [0.1, 0.15) is 58.3 Å². The first-order valence-electron chi connectivity index (χ1n) is 7.34. The molecule has 0 bridgehead atoms. The lowest BCUT2D eigenvalue weighted by Gasteiger charge is -2.44. The van der Waals surface area contributed by atoms with Gasteiger partial charge in [0.15, 0.2) is 0 Å². The van der Waals surface area contributed by atoms with E-state index >= 15 is 0 Å². The maximum atomic E-state index is 9.44. The van der Waals surface area contributed by atoms with Gasteiger partial charge in [0.1, 0.15) is 0 Å². The summed E-state index contributed by atoms with van der Waals surface area (Å²) in [4.78, 5) is 2.67. The first kappa shape index (κ1) is 13.3. The van der Waals surface area contributed by atoms with Crippen molar-refractivity contribution in [2.24, 2.45) is 5.73 Å². The van der Waals surface area contributed by atoms with Crippen molar-refractivity contribution in [2.45, 2.75) is 75.9 Å². The summed E-state index contributed by atoms with van der Waals surface area (Å²) in [7, 11) is 0. The SMILES string of the molecule is CCN(C1CCCC1)C1CCCC(N)(CO)C1. The molecule has 17 heavy (non-hydrogen) atoms. The molecule has 3 nitrogen and oxygen atoms in total. The molecule has 0 heterocycles. The van der Waals surface area contributed by atoms with Crippen LogP contribution >= 0.6 is 0 Å². The van der Waals surface area contributed by atoms with Crippen molar-refractivity contribution in [3.8, 4) is 0 Å². The van der Waals surface area contributed by atoms with Crippen LogP contribution in [-0.2, 0) is 0 Å². The van der Waals surface area contributed by atoms with E-state index in [9.17, 15) is 5.11 Å². The van der Waals surface area contributed by atoms with Crippen LogP contribution in [-0.4, -0.2) is 40.8 Å². The smallest absolute Gasteiger partial charge is 0.0611 e. The second-order valence-corrected chi connectivity index (χ2v) is 6.04. The Hall–Kier alpha value is -0.120. The molecule has 3 heteroatoms. The molecular formula is C14H28N2O. The van der Waals surface area contributed by atoms with Crippen molar-refractivity contribution in [1.82, 2.24) is 4.90 Å². The molecule has 2 aliphatic rings. The molecular weight excluding hydrogens is 212 g/mol. The number of nitrogens with two attached hydrogens (primary N) is 1. The van der Waals surface area contributed by atoms with Crippen LogP contribution in [0.25, 0.3) is 0 Å². The zero-order valence-corrected chi connectivity index (χ0v) is 11.2. The molecule has 2 saturated carbocycles. The van der Waals surface area contributed by atoms with Crippen LogP contribution in [0.5, 0.6) is 0 Å². The van der Waals surface area contributed by atoms with Crippen molar-refractivity contribution in [1.29, 1.82) is 0 Å². The quantitative estimate of drug-likeness (QED) is 0.789. The molecule has 0 spiro atoms. The average Bonchev–Trinajstić information content (AvgIpc) is 2.84. The number of hydrogen-bond donors (Lipinski definition) is 2. The van der Waals surface area contributed by atoms with Gasteiger partial charge in [-0.25, -0.2) is 0 Å². The van der Waals surface area contributed by atoms with Gasteiger partial charge in [0.2, 0.25) is 0 Å². The van der Waals surface area contributed by atoms with Crippen LogP contribution in [0.2, 0.25) is 0 Å². The van der Waals surface area contributed by atoms with Crippen LogP contribution in [0.3, 0.4) is 0 Å². The van der Waals surface area contributed by atoms with Crippen LogP contribution in [0, 0.1) is 0 Å². The van der Waals surface area contributed by atoms with Crippen LogP contribution in [0.4, 0.5) is 0 Å². The molecule has 2 unspecified atom stereocenters. The van der Waals surface area contributed by atoms with Gasteiger partial charge in [-0.3, -0.25) is 4.90 Å². The summed E-state index contributed by atoms with van der Waals surface area (Å²) in [6, 6.07) is 1.39. The Morgan fingerprint density at radius 2 is 1.82 bits per heavy atom. The van der Waals surface area contributed by atoms with Gasteiger partial charge in [0.05, 0.1) is 6.61 Å². The summed E-state index contributed by atoms with van der Waals surface area (Å²) in [5.41, 5.74) is 5.95. The van der Waals surface area contributed by atoms with Gasteiger partial charge in [-0.05, 0) is 45.1 Å². The summed E-state index contributed by atoms with van der Waals surface area (Å²) in [5, 5.41) is 9.44.